The summed E-state index contributed by atoms with van der Waals surface area (Å²) in [4.78, 5) is 55.1. The molecular formula is C30H39N5O5S. The largest absolute Gasteiger partial charge is 0.480 e. The highest BCUT2D eigenvalue weighted by atomic mass is 32.2. The van der Waals surface area contributed by atoms with Crippen LogP contribution in [-0.2, 0) is 32.0 Å². The van der Waals surface area contributed by atoms with Crippen LogP contribution in [-0.4, -0.2) is 70.0 Å². The molecule has 2 aromatic carbocycles. The minimum atomic E-state index is -1.15. The molecule has 41 heavy (non-hydrogen) atoms. The van der Waals surface area contributed by atoms with Gasteiger partial charge >= 0.3 is 5.97 Å². The number of carboxylic acids is 1. The Morgan fingerprint density at radius 1 is 0.854 bits per heavy atom. The van der Waals surface area contributed by atoms with Gasteiger partial charge in [-0.15, -0.1) is 0 Å². The molecule has 0 bridgehead atoms. The summed E-state index contributed by atoms with van der Waals surface area (Å²) in [7, 11) is 0. The fourth-order valence-corrected chi connectivity index (χ4v) is 4.87. The number of rotatable bonds is 15. The summed E-state index contributed by atoms with van der Waals surface area (Å²) in [6, 6.07) is 12.7. The van der Waals surface area contributed by atoms with Gasteiger partial charge in [-0.1, -0.05) is 62.4 Å². The Bertz CT molecular complexity index is 1330. The number of hydrogen-bond donors (Lipinski definition) is 6. The summed E-state index contributed by atoms with van der Waals surface area (Å²) in [5, 5.41) is 18.7. The highest BCUT2D eigenvalue weighted by molar-refractivity contribution is 7.98. The Kier molecular flexibility index (Phi) is 11.8. The second-order valence-electron chi connectivity index (χ2n) is 10.3. The smallest absolute Gasteiger partial charge is 0.326 e. The van der Waals surface area contributed by atoms with E-state index < -0.39 is 47.9 Å². The molecule has 3 amide bonds. The fourth-order valence-electron chi connectivity index (χ4n) is 4.40. The van der Waals surface area contributed by atoms with Gasteiger partial charge in [0.2, 0.25) is 17.7 Å². The van der Waals surface area contributed by atoms with Gasteiger partial charge in [-0.3, -0.25) is 14.4 Å². The molecule has 0 fully saturated rings. The van der Waals surface area contributed by atoms with Crippen molar-refractivity contribution in [1.29, 1.82) is 0 Å². The maximum atomic E-state index is 13.8. The molecule has 0 aliphatic heterocycles. The van der Waals surface area contributed by atoms with Crippen LogP contribution < -0.4 is 21.7 Å². The maximum Gasteiger partial charge on any atom is 0.326 e. The minimum absolute atomic E-state index is 0.131. The number of aromatic nitrogens is 1. The second-order valence-corrected chi connectivity index (χ2v) is 11.3. The van der Waals surface area contributed by atoms with Crippen LogP contribution in [0.5, 0.6) is 0 Å². The highest BCUT2D eigenvalue weighted by Gasteiger charge is 2.31. The average molecular weight is 582 g/mol. The van der Waals surface area contributed by atoms with Crippen LogP contribution in [0.2, 0.25) is 0 Å². The van der Waals surface area contributed by atoms with E-state index in [0.29, 0.717) is 5.75 Å². The van der Waals surface area contributed by atoms with E-state index in [-0.39, 0.29) is 25.2 Å². The zero-order chi connectivity index (χ0) is 29.9. The quantitative estimate of drug-likeness (QED) is 0.160. The van der Waals surface area contributed by atoms with Gasteiger partial charge in [0.25, 0.3) is 0 Å². The van der Waals surface area contributed by atoms with Gasteiger partial charge in [-0.05, 0) is 41.5 Å². The van der Waals surface area contributed by atoms with E-state index in [9.17, 15) is 24.3 Å². The SMILES string of the molecule is CSCCC(NC(=O)C(Cc1ccccc1)NC(=O)C(Cc1c[nH]c2ccccc12)NC(=O)C(N)C(C)C)C(=O)O. The lowest BCUT2D eigenvalue weighted by molar-refractivity contribution is -0.142. The number of para-hydroxylation sites is 1. The van der Waals surface area contributed by atoms with Crippen LogP contribution in [0.25, 0.3) is 10.9 Å². The second kappa shape index (κ2) is 15.2. The van der Waals surface area contributed by atoms with Crippen molar-refractivity contribution < 1.29 is 24.3 Å². The number of carboxylic acid groups (broad SMARTS) is 1. The molecule has 1 heterocycles. The number of amides is 3. The van der Waals surface area contributed by atoms with Gasteiger partial charge in [-0.25, -0.2) is 4.79 Å². The molecule has 11 heteroatoms. The van der Waals surface area contributed by atoms with E-state index >= 15 is 0 Å². The first-order valence-electron chi connectivity index (χ1n) is 13.6. The first-order chi connectivity index (χ1) is 19.6. The number of aliphatic carboxylic acids is 1. The monoisotopic (exact) mass is 581 g/mol. The van der Waals surface area contributed by atoms with Crippen molar-refractivity contribution in [2.75, 3.05) is 12.0 Å². The number of carbonyl (C=O) groups is 4. The Morgan fingerprint density at radius 3 is 2.07 bits per heavy atom. The van der Waals surface area contributed by atoms with Crippen LogP contribution >= 0.6 is 11.8 Å². The Labute approximate surface area is 244 Å². The topological polar surface area (TPSA) is 166 Å². The zero-order valence-electron chi connectivity index (χ0n) is 23.6. The van der Waals surface area contributed by atoms with E-state index in [4.69, 9.17) is 5.73 Å². The van der Waals surface area contributed by atoms with Crippen LogP contribution in [0.15, 0.2) is 60.8 Å². The number of nitrogens with one attached hydrogen (secondary N) is 4. The van der Waals surface area contributed by atoms with E-state index in [0.717, 1.165) is 22.0 Å². The number of benzene rings is 2. The number of H-pyrrole nitrogens is 1. The van der Waals surface area contributed by atoms with Gasteiger partial charge in [0.15, 0.2) is 0 Å². The fraction of sp³-hybridized carbons (Fsp3) is 0.400. The van der Waals surface area contributed by atoms with E-state index in [1.807, 2.05) is 74.7 Å². The van der Waals surface area contributed by atoms with Gasteiger partial charge in [0.05, 0.1) is 6.04 Å². The van der Waals surface area contributed by atoms with Crippen molar-refractivity contribution in [3.05, 3.63) is 71.9 Å². The summed E-state index contributed by atoms with van der Waals surface area (Å²) in [6.45, 7) is 3.63. The van der Waals surface area contributed by atoms with Crippen molar-refractivity contribution >= 4 is 46.4 Å². The molecule has 0 spiro atoms. The van der Waals surface area contributed by atoms with Crippen molar-refractivity contribution in [1.82, 2.24) is 20.9 Å². The first-order valence-corrected chi connectivity index (χ1v) is 15.0. The molecule has 4 unspecified atom stereocenters. The van der Waals surface area contributed by atoms with E-state index in [2.05, 4.69) is 20.9 Å². The molecule has 0 saturated carbocycles. The highest BCUT2D eigenvalue weighted by Crippen LogP contribution is 2.19. The number of nitrogens with two attached hydrogens (primary N) is 1. The summed E-state index contributed by atoms with van der Waals surface area (Å²) >= 11 is 1.47. The average Bonchev–Trinajstić information content (AvgIpc) is 3.36. The molecule has 7 N–H and O–H groups in total. The lowest BCUT2D eigenvalue weighted by Gasteiger charge is -2.26. The number of hydrogen-bond acceptors (Lipinski definition) is 6. The number of aromatic amines is 1. The number of fused-ring (bicyclic) bond motifs is 1. The summed E-state index contributed by atoms with van der Waals surface area (Å²) in [5.74, 6) is -2.44. The van der Waals surface area contributed by atoms with Crippen molar-refractivity contribution in [3.63, 3.8) is 0 Å². The molecule has 0 aliphatic rings. The maximum absolute atomic E-state index is 13.8. The van der Waals surface area contributed by atoms with Gasteiger partial charge in [0.1, 0.15) is 18.1 Å². The zero-order valence-corrected chi connectivity index (χ0v) is 24.4. The third kappa shape index (κ3) is 9.09. The minimum Gasteiger partial charge on any atom is -0.480 e. The molecule has 0 radical (unpaired) electrons. The molecule has 0 aliphatic carbocycles. The molecule has 3 aromatic rings. The lowest BCUT2D eigenvalue weighted by Crippen LogP contribution is -2.58. The van der Waals surface area contributed by atoms with Crippen LogP contribution in [0.1, 0.15) is 31.4 Å². The predicted octanol–water partition coefficient (Wildman–Crippen LogP) is 2.23. The van der Waals surface area contributed by atoms with Crippen LogP contribution in [0.3, 0.4) is 0 Å². The van der Waals surface area contributed by atoms with E-state index in [1.165, 1.54) is 11.8 Å². The summed E-state index contributed by atoms with van der Waals surface area (Å²) < 4.78 is 0. The number of thioether (sulfide) groups is 1. The molecular weight excluding hydrogens is 542 g/mol. The number of carbonyl (C=O) groups excluding carboxylic acids is 3. The molecule has 1 aromatic heterocycles. The van der Waals surface area contributed by atoms with Crippen molar-refractivity contribution in [2.45, 2.75) is 57.3 Å². The summed E-state index contributed by atoms with van der Waals surface area (Å²) in [5.41, 5.74) is 8.55. The molecule has 0 saturated heterocycles. The predicted molar refractivity (Wildman–Crippen MR) is 161 cm³/mol. The third-order valence-electron chi connectivity index (χ3n) is 6.89. The van der Waals surface area contributed by atoms with Gasteiger partial charge < -0.3 is 31.8 Å². The molecule has 10 nitrogen and oxygen atoms in total. The van der Waals surface area contributed by atoms with Crippen molar-refractivity contribution in [3.8, 4) is 0 Å². The molecule has 3 rings (SSSR count). The van der Waals surface area contributed by atoms with Crippen LogP contribution in [0, 0.1) is 5.92 Å². The van der Waals surface area contributed by atoms with Crippen molar-refractivity contribution in [2.24, 2.45) is 11.7 Å². The Morgan fingerprint density at radius 2 is 1.44 bits per heavy atom. The van der Waals surface area contributed by atoms with Gasteiger partial charge in [0, 0.05) is 29.9 Å². The first kappa shape index (κ1) is 31.7. The summed E-state index contributed by atoms with van der Waals surface area (Å²) in [6.07, 6.45) is 4.16. The molecule has 220 valence electrons. The van der Waals surface area contributed by atoms with Gasteiger partial charge in [-0.2, -0.15) is 11.8 Å². The molecule has 4 atom stereocenters. The standard InChI is InChI=1S/C30H39N5O5S/c1-18(2)26(31)29(38)35-25(16-20-17-32-22-12-8-7-11-21(20)22)28(37)34-24(15-19-9-5-4-6-10-19)27(36)33-23(30(39)40)13-14-41-3/h4-12,17-18,23-26,32H,13-16,31H2,1-3H3,(H,33,36)(H,34,37)(H,35,38)(H,39,40). The Hall–Kier alpha value is -3.83. The third-order valence-corrected chi connectivity index (χ3v) is 7.54. The van der Waals surface area contributed by atoms with E-state index in [1.54, 1.807) is 6.20 Å². The lowest BCUT2D eigenvalue weighted by atomic mass is 10.00. The Balaban J connectivity index is 1.88. The van der Waals surface area contributed by atoms with Crippen LogP contribution in [0.4, 0.5) is 0 Å². The normalized spacial score (nSPS) is 14.2.